The molecule has 1 fully saturated rings. The van der Waals surface area contributed by atoms with Crippen LogP contribution in [-0.2, 0) is 16.1 Å². The second kappa shape index (κ2) is 11.1. The van der Waals surface area contributed by atoms with Gasteiger partial charge in [0.1, 0.15) is 10.7 Å². The second-order valence-electron chi connectivity index (χ2n) is 8.81. The molecule has 1 atom stereocenters. The minimum atomic E-state index is -0.320. The first-order valence-corrected chi connectivity index (χ1v) is 13.9. The first-order valence-electron chi connectivity index (χ1n) is 12.1. The number of carbonyl (C=O) groups is 2. The highest BCUT2D eigenvalue weighted by Crippen LogP contribution is 2.33. The predicted octanol–water partition coefficient (Wildman–Crippen LogP) is 4.73. The van der Waals surface area contributed by atoms with E-state index in [0.717, 1.165) is 35.6 Å². The zero-order valence-electron chi connectivity index (χ0n) is 20.4. The minimum Gasteiger partial charge on any atom is -0.466 e. The van der Waals surface area contributed by atoms with E-state index in [1.807, 2.05) is 35.3 Å². The number of amides is 1. The number of hydrogen-bond acceptors (Lipinski definition) is 9. The number of benzene rings is 1. The Morgan fingerprint density at radius 1 is 1.27 bits per heavy atom. The van der Waals surface area contributed by atoms with Crippen molar-refractivity contribution < 1.29 is 14.3 Å². The number of thiophene rings is 1. The summed E-state index contributed by atoms with van der Waals surface area (Å²) in [4.78, 5) is 33.4. The number of esters is 1. The highest BCUT2D eigenvalue weighted by Gasteiger charge is 2.28. The van der Waals surface area contributed by atoms with E-state index in [2.05, 4.69) is 26.4 Å². The third kappa shape index (κ3) is 5.83. The van der Waals surface area contributed by atoms with Crippen LogP contribution >= 0.6 is 22.7 Å². The molecule has 192 valence electrons. The molecule has 1 aliphatic heterocycles. The molecule has 1 saturated heterocycles. The number of nitrogen functional groups attached to an aromatic ring is 1. The lowest BCUT2D eigenvalue weighted by atomic mass is 9.97. The lowest BCUT2D eigenvalue weighted by molar-refractivity contribution is -0.148. The van der Waals surface area contributed by atoms with E-state index in [4.69, 9.17) is 10.5 Å². The van der Waals surface area contributed by atoms with Crippen LogP contribution in [0.2, 0.25) is 0 Å². The molecule has 0 saturated carbocycles. The quantitative estimate of drug-likeness (QED) is 0.247. The molecule has 3 N–H and O–H groups in total. The molecule has 3 aromatic heterocycles. The Morgan fingerprint density at radius 3 is 2.97 bits per heavy atom. The van der Waals surface area contributed by atoms with Gasteiger partial charge in [-0.1, -0.05) is 6.07 Å². The molecule has 1 amide bonds. The van der Waals surface area contributed by atoms with E-state index < -0.39 is 0 Å². The summed E-state index contributed by atoms with van der Waals surface area (Å²) >= 11 is 3.08. The fourth-order valence-corrected chi connectivity index (χ4v) is 5.87. The molecule has 5 rings (SSSR count). The Morgan fingerprint density at radius 2 is 2.16 bits per heavy atom. The van der Waals surface area contributed by atoms with Crippen molar-refractivity contribution in [2.75, 3.05) is 35.6 Å². The molecule has 0 radical (unpaired) electrons. The van der Waals surface area contributed by atoms with Crippen LogP contribution in [-0.4, -0.2) is 46.3 Å². The third-order valence-corrected chi connectivity index (χ3v) is 7.92. The standard InChI is InChI=1S/C26H28N6O3S2/c1-2-35-26(34)17-5-3-9-31(13-17)23-8-7-19(27)11-21(23)29-24(33)22-16-37-25(30-22)18-12-28-32(14-18)15-20-6-4-10-36-20/h4,6-8,10-12,14,16-17H,2-3,5,9,13,15,27H2,1H3,(H,29,33). The molecule has 1 unspecified atom stereocenters. The molecule has 4 aromatic rings. The van der Waals surface area contributed by atoms with Crippen LogP contribution in [0, 0.1) is 5.92 Å². The van der Waals surface area contributed by atoms with Crippen LogP contribution in [0.25, 0.3) is 10.6 Å². The van der Waals surface area contributed by atoms with E-state index in [1.54, 1.807) is 35.0 Å². The Labute approximate surface area is 222 Å². The van der Waals surface area contributed by atoms with Gasteiger partial charge in [0, 0.05) is 40.8 Å². The Hall–Kier alpha value is -3.70. The van der Waals surface area contributed by atoms with Crippen molar-refractivity contribution in [3.05, 3.63) is 64.1 Å². The van der Waals surface area contributed by atoms with E-state index in [0.29, 0.717) is 36.8 Å². The van der Waals surface area contributed by atoms with Gasteiger partial charge in [-0.25, -0.2) is 4.98 Å². The Kier molecular flexibility index (Phi) is 7.52. The highest BCUT2D eigenvalue weighted by molar-refractivity contribution is 7.13. The fraction of sp³-hybridized carbons (Fsp3) is 0.308. The van der Waals surface area contributed by atoms with Crippen LogP contribution in [0.5, 0.6) is 0 Å². The van der Waals surface area contributed by atoms with Crippen molar-refractivity contribution in [2.24, 2.45) is 5.92 Å². The van der Waals surface area contributed by atoms with Gasteiger partial charge in [-0.2, -0.15) is 5.10 Å². The van der Waals surface area contributed by atoms with Crippen LogP contribution in [0.15, 0.2) is 53.5 Å². The predicted molar refractivity (Wildman–Crippen MR) is 147 cm³/mol. The average molecular weight is 537 g/mol. The van der Waals surface area contributed by atoms with E-state index in [1.165, 1.54) is 16.2 Å². The molecule has 11 heteroatoms. The number of aromatic nitrogens is 3. The molecule has 1 aromatic carbocycles. The first kappa shape index (κ1) is 25.0. The average Bonchev–Trinajstić information content (AvgIpc) is 3.67. The largest absolute Gasteiger partial charge is 0.466 e. The summed E-state index contributed by atoms with van der Waals surface area (Å²) in [5.41, 5.74) is 9.19. The smallest absolute Gasteiger partial charge is 0.310 e. The zero-order chi connectivity index (χ0) is 25.8. The van der Waals surface area contributed by atoms with Gasteiger partial charge < -0.3 is 20.7 Å². The first-order chi connectivity index (χ1) is 18.0. The number of nitrogens with zero attached hydrogens (tertiary/aromatic N) is 4. The van der Waals surface area contributed by atoms with Gasteiger partial charge >= 0.3 is 5.97 Å². The maximum absolute atomic E-state index is 13.2. The molecule has 0 aliphatic carbocycles. The SMILES string of the molecule is CCOC(=O)C1CCCN(c2ccc(N)cc2NC(=O)c2csc(-c3cnn(Cc4cccs4)c3)n2)C1. The van der Waals surface area contributed by atoms with Crippen molar-refractivity contribution in [3.63, 3.8) is 0 Å². The van der Waals surface area contributed by atoms with Gasteiger partial charge in [0.15, 0.2) is 0 Å². The van der Waals surface area contributed by atoms with Gasteiger partial charge in [-0.15, -0.1) is 22.7 Å². The number of thiazole rings is 1. The molecular weight excluding hydrogens is 508 g/mol. The summed E-state index contributed by atoms with van der Waals surface area (Å²) in [6, 6.07) is 9.51. The summed E-state index contributed by atoms with van der Waals surface area (Å²) in [5.74, 6) is -0.696. The Bertz CT molecular complexity index is 1380. The maximum atomic E-state index is 13.2. The third-order valence-electron chi connectivity index (χ3n) is 6.17. The van der Waals surface area contributed by atoms with Gasteiger partial charge in [-0.05, 0) is 49.4 Å². The number of carbonyl (C=O) groups excluding carboxylic acids is 2. The summed E-state index contributed by atoms with van der Waals surface area (Å²) in [7, 11) is 0. The van der Waals surface area contributed by atoms with Crippen molar-refractivity contribution in [2.45, 2.75) is 26.3 Å². The van der Waals surface area contributed by atoms with E-state index in [9.17, 15) is 9.59 Å². The number of piperidine rings is 1. The topological polar surface area (TPSA) is 115 Å². The number of nitrogens with two attached hydrogens (primary N) is 1. The fourth-order valence-electron chi connectivity index (χ4n) is 4.40. The molecule has 9 nitrogen and oxygen atoms in total. The Balaban J connectivity index is 1.30. The van der Waals surface area contributed by atoms with Crippen LogP contribution in [0.3, 0.4) is 0 Å². The molecule has 0 spiro atoms. The van der Waals surface area contributed by atoms with Gasteiger partial charge in [0.05, 0.1) is 36.6 Å². The minimum absolute atomic E-state index is 0.179. The molecule has 37 heavy (non-hydrogen) atoms. The summed E-state index contributed by atoms with van der Waals surface area (Å²) in [5, 5.41) is 11.9. The van der Waals surface area contributed by atoms with Crippen molar-refractivity contribution >= 4 is 51.6 Å². The second-order valence-corrected chi connectivity index (χ2v) is 10.7. The summed E-state index contributed by atoms with van der Waals surface area (Å²) in [6.07, 6.45) is 5.35. The summed E-state index contributed by atoms with van der Waals surface area (Å²) in [6.45, 7) is 4.18. The normalized spacial score (nSPS) is 15.5. The molecular formula is C26H28N6O3S2. The van der Waals surface area contributed by atoms with Crippen LogP contribution in [0.1, 0.15) is 35.1 Å². The number of ether oxygens (including phenoxy) is 1. The lowest BCUT2D eigenvalue weighted by Gasteiger charge is -2.34. The number of rotatable bonds is 8. The highest BCUT2D eigenvalue weighted by atomic mass is 32.1. The van der Waals surface area contributed by atoms with Crippen molar-refractivity contribution in [1.82, 2.24) is 14.8 Å². The summed E-state index contributed by atoms with van der Waals surface area (Å²) < 4.78 is 7.10. The lowest BCUT2D eigenvalue weighted by Crippen LogP contribution is -2.39. The zero-order valence-corrected chi connectivity index (χ0v) is 22.1. The van der Waals surface area contributed by atoms with Gasteiger partial charge in [0.25, 0.3) is 5.91 Å². The maximum Gasteiger partial charge on any atom is 0.310 e. The van der Waals surface area contributed by atoms with E-state index >= 15 is 0 Å². The molecule has 1 aliphatic rings. The van der Waals surface area contributed by atoms with Crippen LogP contribution in [0.4, 0.5) is 17.1 Å². The van der Waals surface area contributed by atoms with Gasteiger partial charge in [-0.3, -0.25) is 14.3 Å². The van der Waals surface area contributed by atoms with E-state index in [-0.39, 0.29) is 17.8 Å². The monoisotopic (exact) mass is 536 g/mol. The van der Waals surface area contributed by atoms with Gasteiger partial charge in [0.2, 0.25) is 0 Å². The number of nitrogens with one attached hydrogen (secondary N) is 1. The van der Waals surface area contributed by atoms with Crippen molar-refractivity contribution in [1.29, 1.82) is 0 Å². The van der Waals surface area contributed by atoms with Crippen molar-refractivity contribution in [3.8, 4) is 10.6 Å². The molecule has 0 bridgehead atoms. The van der Waals surface area contributed by atoms with Crippen LogP contribution < -0.4 is 16.0 Å². The molecule has 4 heterocycles. The number of hydrogen-bond donors (Lipinski definition) is 2. The number of anilines is 3.